The van der Waals surface area contributed by atoms with E-state index >= 15 is 0 Å². The van der Waals surface area contributed by atoms with Crippen molar-refractivity contribution < 1.29 is 19.5 Å². The molecule has 0 radical (unpaired) electrons. The first kappa shape index (κ1) is 22.0. The summed E-state index contributed by atoms with van der Waals surface area (Å²) in [5.41, 5.74) is -0.659. The summed E-state index contributed by atoms with van der Waals surface area (Å²) in [6.45, 7) is 6.95. The highest BCUT2D eigenvalue weighted by Crippen LogP contribution is 2.36. The highest BCUT2D eigenvalue weighted by molar-refractivity contribution is 7.98. The average Bonchev–Trinajstić information content (AvgIpc) is 2.86. The van der Waals surface area contributed by atoms with Crippen molar-refractivity contribution in [1.29, 1.82) is 0 Å². The fraction of sp³-hybridized carbons (Fsp3) is 0.842. The van der Waals surface area contributed by atoms with Gasteiger partial charge in [-0.1, -0.05) is 20.8 Å². The number of carboxylic acids is 1. The molecule has 2 aliphatic rings. The molecule has 2 heterocycles. The van der Waals surface area contributed by atoms with Gasteiger partial charge in [0, 0.05) is 32.4 Å². The Morgan fingerprint density at radius 1 is 1.33 bits per heavy atom. The first-order valence-corrected chi connectivity index (χ1v) is 11.3. The molecule has 2 aliphatic heterocycles. The minimum atomic E-state index is -0.962. The number of hydrogen-bond acceptors (Lipinski definition) is 5. The van der Waals surface area contributed by atoms with Crippen LogP contribution in [0, 0.1) is 5.92 Å². The normalized spacial score (nSPS) is 23.3. The van der Waals surface area contributed by atoms with E-state index in [-0.39, 0.29) is 17.9 Å². The lowest BCUT2D eigenvalue weighted by atomic mass is 9.93. The maximum Gasteiger partial charge on any atom is 0.326 e. The summed E-state index contributed by atoms with van der Waals surface area (Å²) in [6, 6.07) is -1.18. The molecule has 2 atom stereocenters. The molecule has 1 spiro atoms. The molecule has 0 bridgehead atoms. The van der Waals surface area contributed by atoms with Crippen molar-refractivity contribution >= 4 is 29.5 Å². The van der Waals surface area contributed by atoms with Crippen LogP contribution in [0.3, 0.4) is 0 Å². The quantitative estimate of drug-likeness (QED) is 0.647. The lowest BCUT2D eigenvalue weighted by molar-refractivity contribution is -0.155. The largest absolute Gasteiger partial charge is 0.480 e. The Morgan fingerprint density at radius 2 is 1.96 bits per heavy atom. The smallest absolute Gasteiger partial charge is 0.326 e. The van der Waals surface area contributed by atoms with Gasteiger partial charge in [0.05, 0.1) is 11.7 Å². The van der Waals surface area contributed by atoms with Gasteiger partial charge >= 0.3 is 5.97 Å². The summed E-state index contributed by atoms with van der Waals surface area (Å²) in [7, 11) is 0. The Morgan fingerprint density at radius 3 is 2.44 bits per heavy atom. The van der Waals surface area contributed by atoms with Gasteiger partial charge in [0.2, 0.25) is 11.8 Å². The van der Waals surface area contributed by atoms with Crippen molar-refractivity contribution in [3.8, 4) is 0 Å². The van der Waals surface area contributed by atoms with Crippen LogP contribution in [-0.4, -0.2) is 75.5 Å². The zero-order valence-corrected chi connectivity index (χ0v) is 17.7. The van der Waals surface area contributed by atoms with Crippen LogP contribution in [0.2, 0.25) is 0 Å². The van der Waals surface area contributed by atoms with E-state index in [2.05, 4.69) is 5.32 Å². The van der Waals surface area contributed by atoms with Crippen LogP contribution in [0.25, 0.3) is 0 Å². The molecule has 8 heteroatoms. The third-order valence-corrected chi connectivity index (χ3v) is 6.20. The maximum absolute atomic E-state index is 13.1. The summed E-state index contributed by atoms with van der Waals surface area (Å²) < 4.78 is 0. The van der Waals surface area contributed by atoms with E-state index in [0.717, 1.165) is 5.75 Å². The molecule has 2 rings (SSSR count). The molecule has 2 saturated heterocycles. The number of piperidine rings is 1. The number of thioether (sulfide) groups is 1. The number of carbonyl (C=O) groups is 3. The molecule has 2 amide bonds. The number of carboxylic acid groups (broad SMARTS) is 1. The van der Waals surface area contributed by atoms with Gasteiger partial charge in [-0.05, 0) is 30.8 Å². The van der Waals surface area contributed by atoms with Gasteiger partial charge in [0.15, 0.2) is 0 Å². The van der Waals surface area contributed by atoms with Crippen LogP contribution >= 0.6 is 11.8 Å². The number of nitrogens with one attached hydrogen (secondary N) is 1. The first-order chi connectivity index (χ1) is 12.8. The molecule has 0 aliphatic carbocycles. The van der Waals surface area contributed by atoms with Crippen molar-refractivity contribution in [2.75, 3.05) is 25.1 Å². The van der Waals surface area contributed by atoms with Crippen LogP contribution in [0.5, 0.6) is 0 Å². The van der Waals surface area contributed by atoms with Crippen molar-refractivity contribution in [2.24, 2.45) is 5.92 Å². The van der Waals surface area contributed by atoms with E-state index in [1.165, 1.54) is 0 Å². The molecule has 7 nitrogen and oxygen atoms in total. The highest BCUT2D eigenvalue weighted by Gasteiger charge is 2.54. The number of nitrogens with zero attached hydrogens (tertiary/aromatic N) is 2. The van der Waals surface area contributed by atoms with Crippen molar-refractivity contribution in [1.82, 2.24) is 15.1 Å². The topological polar surface area (TPSA) is 89.9 Å². The molecule has 2 N–H and O–H groups in total. The van der Waals surface area contributed by atoms with Crippen LogP contribution in [0.4, 0.5) is 0 Å². The van der Waals surface area contributed by atoms with E-state index in [1.807, 2.05) is 25.0 Å². The number of carbonyl (C=O) groups excluding carboxylic acids is 2. The third kappa shape index (κ3) is 4.77. The number of likely N-dealkylation sites (tertiary alicyclic amines) is 1. The number of rotatable bonds is 8. The van der Waals surface area contributed by atoms with E-state index in [1.54, 1.807) is 23.6 Å². The predicted octanol–water partition coefficient (Wildman–Crippen LogP) is 1.77. The molecule has 0 saturated carbocycles. The lowest BCUT2D eigenvalue weighted by Crippen LogP contribution is -2.63. The van der Waals surface area contributed by atoms with Crippen molar-refractivity contribution in [3.05, 3.63) is 0 Å². The standard InChI is InChI=1S/C19H33N3O4S/c1-5-15(18(25)26)22-17(24)14(6-11-27-4)20-19(22)7-9-21(10-8-19)16(23)12-13(2)3/h13-15,20H,5-12H2,1-4H3,(H,25,26). The SMILES string of the molecule is CCC(C(=O)O)N1C(=O)C(CCSC)NC12CCN(C(=O)CC(C)C)CC2. The molecule has 2 fully saturated rings. The van der Waals surface area contributed by atoms with E-state index in [9.17, 15) is 19.5 Å². The van der Waals surface area contributed by atoms with Crippen molar-refractivity contribution in [3.63, 3.8) is 0 Å². The Balaban J connectivity index is 2.19. The zero-order valence-electron chi connectivity index (χ0n) is 16.9. The Labute approximate surface area is 166 Å². The van der Waals surface area contributed by atoms with E-state index < -0.39 is 17.7 Å². The summed E-state index contributed by atoms with van der Waals surface area (Å²) in [5, 5.41) is 13.1. The van der Waals surface area contributed by atoms with Gasteiger partial charge in [0.25, 0.3) is 0 Å². The number of aliphatic carboxylic acids is 1. The molecule has 27 heavy (non-hydrogen) atoms. The minimum Gasteiger partial charge on any atom is -0.480 e. The second-order valence-corrected chi connectivity index (χ2v) is 8.94. The zero-order chi connectivity index (χ0) is 20.2. The Hall–Kier alpha value is -1.28. The van der Waals surface area contributed by atoms with Crippen LogP contribution in [0.1, 0.15) is 52.9 Å². The fourth-order valence-corrected chi connectivity index (χ4v) is 4.65. The predicted molar refractivity (Wildman–Crippen MR) is 106 cm³/mol. The number of amides is 2. The monoisotopic (exact) mass is 399 g/mol. The second kappa shape index (κ2) is 9.28. The Bertz CT molecular complexity index is 561. The van der Waals surface area contributed by atoms with Crippen LogP contribution in [-0.2, 0) is 14.4 Å². The van der Waals surface area contributed by atoms with E-state index in [4.69, 9.17) is 0 Å². The van der Waals surface area contributed by atoms with Gasteiger partial charge in [-0.3, -0.25) is 14.9 Å². The molecule has 0 aromatic rings. The summed E-state index contributed by atoms with van der Waals surface area (Å²) >= 11 is 1.68. The molecule has 0 aromatic heterocycles. The van der Waals surface area contributed by atoms with Gasteiger partial charge in [-0.25, -0.2) is 4.79 Å². The lowest BCUT2D eigenvalue weighted by Gasteiger charge is -2.46. The van der Waals surface area contributed by atoms with Gasteiger partial charge < -0.3 is 14.9 Å². The summed E-state index contributed by atoms with van der Waals surface area (Å²) in [5.74, 6) is 0.218. The molecule has 0 aromatic carbocycles. The second-order valence-electron chi connectivity index (χ2n) is 7.96. The first-order valence-electron chi connectivity index (χ1n) is 9.86. The molecule has 154 valence electrons. The van der Waals surface area contributed by atoms with Gasteiger partial charge in [0.1, 0.15) is 6.04 Å². The third-order valence-electron chi connectivity index (χ3n) is 5.56. The molecule has 2 unspecified atom stereocenters. The molecular formula is C19H33N3O4S. The van der Waals surface area contributed by atoms with Crippen LogP contribution in [0.15, 0.2) is 0 Å². The number of hydrogen-bond donors (Lipinski definition) is 2. The van der Waals surface area contributed by atoms with Crippen LogP contribution < -0.4 is 5.32 Å². The summed E-state index contributed by atoms with van der Waals surface area (Å²) in [6.07, 6.45) is 4.72. The van der Waals surface area contributed by atoms with Gasteiger partial charge in [-0.15, -0.1) is 0 Å². The maximum atomic E-state index is 13.1. The fourth-order valence-electron chi connectivity index (χ4n) is 4.17. The van der Waals surface area contributed by atoms with Crippen molar-refractivity contribution in [2.45, 2.75) is 70.6 Å². The van der Waals surface area contributed by atoms with Gasteiger partial charge in [-0.2, -0.15) is 11.8 Å². The minimum absolute atomic E-state index is 0.111. The van der Waals surface area contributed by atoms with E-state index in [0.29, 0.717) is 51.1 Å². The summed E-state index contributed by atoms with van der Waals surface area (Å²) in [4.78, 5) is 40.7. The Kier molecular flexibility index (Phi) is 7.56. The molecular weight excluding hydrogens is 366 g/mol. The average molecular weight is 400 g/mol. The highest BCUT2D eigenvalue weighted by atomic mass is 32.2.